The highest BCUT2D eigenvalue weighted by atomic mass is 14.9. The molecule has 0 aliphatic carbocycles. The van der Waals surface area contributed by atoms with E-state index in [0.29, 0.717) is 5.84 Å². The molecule has 2 nitrogen and oxygen atoms in total. The van der Waals surface area contributed by atoms with Crippen molar-refractivity contribution in [1.82, 2.24) is 0 Å². The van der Waals surface area contributed by atoms with Crippen molar-refractivity contribution in [2.45, 2.75) is 13.8 Å². The van der Waals surface area contributed by atoms with Crippen LogP contribution in [0.15, 0.2) is 28.2 Å². The SMILES string of the molecule is C=NC(=NC)c1ccc(C)c(C)c1. The van der Waals surface area contributed by atoms with E-state index in [1.54, 1.807) is 7.05 Å². The van der Waals surface area contributed by atoms with Gasteiger partial charge in [-0.05, 0) is 37.8 Å². The van der Waals surface area contributed by atoms with Gasteiger partial charge < -0.3 is 0 Å². The summed E-state index contributed by atoms with van der Waals surface area (Å²) in [4.78, 5) is 7.88. The molecule has 0 bridgehead atoms. The fraction of sp³-hybridized carbons (Fsp3) is 0.273. The minimum absolute atomic E-state index is 0.697. The van der Waals surface area contributed by atoms with Crippen molar-refractivity contribution in [1.29, 1.82) is 0 Å². The highest BCUT2D eigenvalue weighted by Crippen LogP contribution is 2.10. The van der Waals surface area contributed by atoms with Crippen LogP contribution < -0.4 is 0 Å². The molecule has 1 rings (SSSR count). The van der Waals surface area contributed by atoms with E-state index < -0.39 is 0 Å². The lowest BCUT2D eigenvalue weighted by atomic mass is 10.1. The Morgan fingerprint density at radius 1 is 1.23 bits per heavy atom. The molecule has 0 atom stereocenters. The maximum Gasteiger partial charge on any atom is 0.153 e. The van der Waals surface area contributed by atoms with E-state index in [1.807, 2.05) is 6.07 Å². The average molecular weight is 174 g/mol. The summed E-state index contributed by atoms with van der Waals surface area (Å²) in [5.41, 5.74) is 3.56. The number of hydrogen-bond acceptors (Lipinski definition) is 1. The highest BCUT2D eigenvalue weighted by molar-refractivity contribution is 6.01. The summed E-state index contributed by atoms with van der Waals surface area (Å²) >= 11 is 0. The summed E-state index contributed by atoms with van der Waals surface area (Å²) in [6.07, 6.45) is 0. The summed E-state index contributed by atoms with van der Waals surface area (Å²) < 4.78 is 0. The third kappa shape index (κ3) is 2.02. The third-order valence-electron chi connectivity index (χ3n) is 2.13. The second-order valence-electron chi connectivity index (χ2n) is 3.00. The normalized spacial score (nSPS) is 11.5. The predicted octanol–water partition coefficient (Wildman–Crippen LogP) is 2.38. The molecule has 2 heteroatoms. The minimum Gasteiger partial charge on any atom is -0.270 e. The van der Waals surface area contributed by atoms with Crippen LogP contribution in [0.25, 0.3) is 0 Å². The topological polar surface area (TPSA) is 24.7 Å². The van der Waals surface area contributed by atoms with Crippen LogP contribution in [0.3, 0.4) is 0 Å². The van der Waals surface area contributed by atoms with Gasteiger partial charge in [-0.25, -0.2) is 4.99 Å². The standard InChI is InChI=1S/C11H14N2/c1-8-5-6-10(7-9(8)2)11(12-3)13-4/h5-7H,3H2,1-2,4H3. The van der Waals surface area contributed by atoms with Gasteiger partial charge in [0.05, 0.1) is 0 Å². The number of aryl methyl sites for hydroxylation is 2. The molecule has 0 fully saturated rings. The average Bonchev–Trinajstić information content (AvgIpc) is 2.13. The first-order chi connectivity index (χ1) is 6.19. The number of aliphatic imine (C=N–C) groups is 2. The van der Waals surface area contributed by atoms with Gasteiger partial charge in [-0.1, -0.05) is 12.1 Å². The Hall–Kier alpha value is -1.44. The van der Waals surface area contributed by atoms with E-state index in [-0.39, 0.29) is 0 Å². The first kappa shape index (κ1) is 9.65. The molecule has 0 radical (unpaired) electrons. The number of hydrogen-bond donors (Lipinski definition) is 0. The highest BCUT2D eigenvalue weighted by Gasteiger charge is 2.00. The maximum atomic E-state index is 4.04. The summed E-state index contributed by atoms with van der Waals surface area (Å²) in [5, 5.41) is 0. The Morgan fingerprint density at radius 3 is 2.38 bits per heavy atom. The van der Waals surface area contributed by atoms with E-state index in [2.05, 4.69) is 42.7 Å². The first-order valence-electron chi connectivity index (χ1n) is 4.20. The van der Waals surface area contributed by atoms with Gasteiger partial charge in [0.1, 0.15) is 0 Å². The molecule has 0 aliphatic heterocycles. The zero-order valence-corrected chi connectivity index (χ0v) is 8.33. The molecule has 1 aromatic carbocycles. The Labute approximate surface area is 79.0 Å². The zero-order valence-electron chi connectivity index (χ0n) is 8.33. The van der Waals surface area contributed by atoms with Gasteiger partial charge in [0.25, 0.3) is 0 Å². The van der Waals surface area contributed by atoms with E-state index >= 15 is 0 Å². The zero-order chi connectivity index (χ0) is 9.84. The van der Waals surface area contributed by atoms with Crippen LogP contribution in [0, 0.1) is 13.8 Å². The van der Waals surface area contributed by atoms with Gasteiger partial charge in [0, 0.05) is 12.6 Å². The molecule has 0 spiro atoms. The molecule has 0 saturated heterocycles. The van der Waals surface area contributed by atoms with Crippen molar-refractivity contribution in [2.75, 3.05) is 7.05 Å². The van der Waals surface area contributed by atoms with E-state index in [4.69, 9.17) is 0 Å². The molecule has 13 heavy (non-hydrogen) atoms. The number of rotatable bonds is 1. The molecule has 68 valence electrons. The van der Waals surface area contributed by atoms with Crippen molar-refractivity contribution < 1.29 is 0 Å². The van der Waals surface area contributed by atoms with Crippen molar-refractivity contribution in [2.24, 2.45) is 9.98 Å². The molecular formula is C11H14N2. The lowest BCUT2D eigenvalue weighted by Crippen LogP contribution is -1.97. The number of amidine groups is 1. The van der Waals surface area contributed by atoms with Gasteiger partial charge in [-0.2, -0.15) is 0 Å². The van der Waals surface area contributed by atoms with Crippen LogP contribution in [0.5, 0.6) is 0 Å². The lowest BCUT2D eigenvalue weighted by Gasteiger charge is -2.03. The van der Waals surface area contributed by atoms with Crippen LogP contribution in [-0.2, 0) is 0 Å². The lowest BCUT2D eigenvalue weighted by molar-refractivity contribution is 1.32. The monoisotopic (exact) mass is 174 g/mol. The van der Waals surface area contributed by atoms with Crippen molar-refractivity contribution >= 4 is 12.6 Å². The van der Waals surface area contributed by atoms with Crippen molar-refractivity contribution in [3.63, 3.8) is 0 Å². The maximum absolute atomic E-state index is 4.04. The molecule has 0 N–H and O–H groups in total. The number of nitrogens with zero attached hydrogens (tertiary/aromatic N) is 2. The summed E-state index contributed by atoms with van der Waals surface area (Å²) in [7, 11) is 1.72. The molecular weight excluding hydrogens is 160 g/mol. The van der Waals surface area contributed by atoms with Crippen LogP contribution in [0.2, 0.25) is 0 Å². The van der Waals surface area contributed by atoms with E-state index in [1.165, 1.54) is 11.1 Å². The minimum atomic E-state index is 0.697. The fourth-order valence-corrected chi connectivity index (χ4v) is 1.17. The third-order valence-corrected chi connectivity index (χ3v) is 2.13. The van der Waals surface area contributed by atoms with E-state index in [0.717, 1.165) is 5.56 Å². The van der Waals surface area contributed by atoms with Crippen molar-refractivity contribution in [3.8, 4) is 0 Å². The van der Waals surface area contributed by atoms with Gasteiger partial charge in [0.15, 0.2) is 5.84 Å². The predicted molar refractivity (Wildman–Crippen MR) is 57.9 cm³/mol. The second kappa shape index (κ2) is 3.99. The summed E-state index contributed by atoms with van der Waals surface area (Å²) in [6, 6.07) is 6.16. The summed E-state index contributed by atoms with van der Waals surface area (Å²) in [5.74, 6) is 0.697. The van der Waals surface area contributed by atoms with Gasteiger partial charge in [0.2, 0.25) is 0 Å². The summed E-state index contributed by atoms with van der Waals surface area (Å²) in [6.45, 7) is 7.64. The Kier molecular flexibility index (Phi) is 2.96. The van der Waals surface area contributed by atoms with Gasteiger partial charge in [-0.3, -0.25) is 4.99 Å². The van der Waals surface area contributed by atoms with Crippen molar-refractivity contribution in [3.05, 3.63) is 34.9 Å². The van der Waals surface area contributed by atoms with Crippen LogP contribution >= 0.6 is 0 Å². The quantitative estimate of drug-likeness (QED) is 0.461. The Morgan fingerprint density at radius 2 is 1.92 bits per heavy atom. The number of benzene rings is 1. The van der Waals surface area contributed by atoms with Gasteiger partial charge in [-0.15, -0.1) is 0 Å². The molecule has 1 aromatic rings. The Balaban J connectivity index is 3.17. The largest absolute Gasteiger partial charge is 0.270 e. The molecule has 0 amide bonds. The van der Waals surface area contributed by atoms with Crippen LogP contribution in [0.4, 0.5) is 0 Å². The molecule has 0 aliphatic rings. The van der Waals surface area contributed by atoms with E-state index in [9.17, 15) is 0 Å². The van der Waals surface area contributed by atoms with Crippen LogP contribution in [0.1, 0.15) is 16.7 Å². The smallest absolute Gasteiger partial charge is 0.153 e. The van der Waals surface area contributed by atoms with Gasteiger partial charge >= 0.3 is 0 Å². The molecule has 0 saturated carbocycles. The Bertz CT molecular complexity index is 351. The van der Waals surface area contributed by atoms with Crippen LogP contribution in [-0.4, -0.2) is 19.6 Å². The molecule has 0 heterocycles. The fourth-order valence-electron chi connectivity index (χ4n) is 1.17. The second-order valence-corrected chi connectivity index (χ2v) is 3.00. The molecule has 0 aromatic heterocycles. The first-order valence-corrected chi connectivity index (χ1v) is 4.20. The molecule has 0 unspecified atom stereocenters.